The van der Waals surface area contributed by atoms with Gasteiger partial charge in [-0.25, -0.2) is 8.42 Å². The highest BCUT2D eigenvalue weighted by molar-refractivity contribution is 7.92. The topological polar surface area (TPSA) is 72.2 Å². The fraction of sp³-hybridized carbons (Fsp3) is 0.571. The molecule has 108 valence electrons. The molecule has 0 saturated heterocycles. The molecule has 19 heavy (non-hydrogen) atoms. The summed E-state index contributed by atoms with van der Waals surface area (Å²) in [4.78, 5) is 0. The molecule has 0 amide bonds. The Morgan fingerprint density at radius 3 is 1.95 bits per heavy atom. The minimum atomic E-state index is -3.37. The maximum absolute atomic E-state index is 12.0. The van der Waals surface area contributed by atoms with E-state index in [4.69, 9.17) is 5.73 Å². The van der Waals surface area contributed by atoms with Gasteiger partial charge in [0.2, 0.25) is 10.0 Å². The van der Waals surface area contributed by atoms with Crippen molar-refractivity contribution < 1.29 is 8.42 Å². The van der Waals surface area contributed by atoms with E-state index in [1.165, 1.54) is 0 Å². The average molecular weight is 284 g/mol. The van der Waals surface area contributed by atoms with Crippen LogP contribution in [0.25, 0.3) is 0 Å². The minimum Gasteiger partial charge on any atom is -0.329 e. The van der Waals surface area contributed by atoms with Gasteiger partial charge in [-0.3, -0.25) is 4.72 Å². The standard InChI is InChI=1S/C14H24N2O2S/c1-10(2)12-6-5-7-13(11(3)4)14(12)16-19(17,18)9-8-15/h5-7,10-11,16H,8-9,15H2,1-4H3. The summed E-state index contributed by atoms with van der Waals surface area (Å²) in [5.41, 5.74) is 8.11. The molecule has 0 unspecified atom stereocenters. The fourth-order valence-corrected chi connectivity index (χ4v) is 2.99. The molecule has 0 heterocycles. The second-order valence-corrected chi connectivity index (χ2v) is 7.17. The SMILES string of the molecule is CC(C)c1cccc(C(C)C)c1NS(=O)(=O)CCN. The quantitative estimate of drug-likeness (QED) is 0.843. The Labute approximate surface area is 116 Å². The van der Waals surface area contributed by atoms with Crippen LogP contribution in [-0.2, 0) is 10.0 Å². The summed E-state index contributed by atoms with van der Waals surface area (Å²) in [5, 5.41) is 0. The molecule has 0 aliphatic carbocycles. The van der Waals surface area contributed by atoms with Gasteiger partial charge < -0.3 is 5.73 Å². The van der Waals surface area contributed by atoms with Crippen molar-refractivity contribution in [2.45, 2.75) is 39.5 Å². The van der Waals surface area contributed by atoms with Crippen LogP contribution >= 0.6 is 0 Å². The first-order valence-corrected chi connectivity index (χ1v) is 8.27. The summed E-state index contributed by atoms with van der Waals surface area (Å²) in [6, 6.07) is 5.92. The predicted octanol–water partition coefficient (Wildman–Crippen LogP) is 2.63. The second-order valence-electron chi connectivity index (χ2n) is 5.33. The summed E-state index contributed by atoms with van der Waals surface area (Å²) in [6.07, 6.45) is 0. The number of rotatable bonds is 6. The molecule has 0 aliphatic heterocycles. The van der Waals surface area contributed by atoms with Crippen molar-refractivity contribution in [3.63, 3.8) is 0 Å². The van der Waals surface area contributed by atoms with E-state index >= 15 is 0 Å². The molecule has 0 atom stereocenters. The van der Waals surface area contributed by atoms with Crippen LogP contribution in [0.4, 0.5) is 5.69 Å². The van der Waals surface area contributed by atoms with E-state index in [1.54, 1.807) is 0 Å². The number of nitrogens with one attached hydrogen (secondary N) is 1. The van der Waals surface area contributed by atoms with Crippen LogP contribution in [0.15, 0.2) is 18.2 Å². The van der Waals surface area contributed by atoms with E-state index in [-0.39, 0.29) is 24.1 Å². The Kier molecular flexibility index (Phi) is 5.38. The molecule has 5 heteroatoms. The smallest absolute Gasteiger partial charge is 0.233 e. The Morgan fingerprint density at radius 1 is 1.11 bits per heavy atom. The maximum Gasteiger partial charge on any atom is 0.233 e. The van der Waals surface area contributed by atoms with E-state index in [0.29, 0.717) is 0 Å². The summed E-state index contributed by atoms with van der Waals surface area (Å²) in [5.74, 6) is 0.459. The molecular weight excluding hydrogens is 260 g/mol. The Morgan fingerprint density at radius 2 is 1.58 bits per heavy atom. The van der Waals surface area contributed by atoms with Crippen LogP contribution < -0.4 is 10.5 Å². The lowest BCUT2D eigenvalue weighted by molar-refractivity contribution is 0.601. The van der Waals surface area contributed by atoms with Gasteiger partial charge in [0.1, 0.15) is 0 Å². The van der Waals surface area contributed by atoms with Crippen molar-refractivity contribution in [1.29, 1.82) is 0 Å². The monoisotopic (exact) mass is 284 g/mol. The zero-order chi connectivity index (χ0) is 14.6. The molecule has 1 aromatic carbocycles. The number of para-hydroxylation sites is 1. The normalized spacial score (nSPS) is 12.2. The van der Waals surface area contributed by atoms with E-state index < -0.39 is 10.0 Å². The van der Waals surface area contributed by atoms with Gasteiger partial charge in [0.15, 0.2) is 0 Å². The van der Waals surface area contributed by atoms with Crippen LogP contribution in [0.5, 0.6) is 0 Å². The molecule has 0 aliphatic rings. The number of anilines is 1. The van der Waals surface area contributed by atoms with Crippen LogP contribution in [0, 0.1) is 0 Å². The lowest BCUT2D eigenvalue weighted by Gasteiger charge is -2.20. The number of nitrogens with two attached hydrogens (primary N) is 1. The number of sulfonamides is 1. The molecule has 1 rings (SSSR count). The van der Waals surface area contributed by atoms with E-state index in [1.807, 2.05) is 18.2 Å². The Hall–Kier alpha value is -1.07. The lowest BCUT2D eigenvalue weighted by Crippen LogP contribution is -2.24. The lowest BCUT2D eigenvalue weighted by atomic mass is 9.93. The zero-order valence-corrected chi connectivity index (χ0v) is 12.9. The molecule has 1 aromatic rings. The molecule has 4 nitrogen and oxygen atoms in total. The van der Waals surface area contributed by atoms with Gasteiger partial charge in [-0.2, -0.15) is 0 Å². The third-order valence-corrected chi connectivity index (χ3v) is 4.31. The van der Waals surface area contributed by atoms with Gasteiger partial charge in [0, 0.05) is 6.54 Å². The third-order valence-electron chi connectivity index (χ3n) is 3.02. The van der Waals surface area contributed by atoms with Crippen molar-refractivity contribution in [3.05, 3.63) is 29.3 Å². The highest BCUT2D eigenvalue weighted by Gasteiger charge is 2.18. The molecule has 0 aromatic heterocycles. The fourth-order valence-electron chi connectivity index (χ4n) is 2.03. The largest absolute Gasteiger partial charge is 0.329 e. The van der Waals surface area contributed by atoms with Gasteiger partial charge in [-0.1, -0.05) is 45.9 Å². The highest BCUT2D eigenvalue weighted by Crippen LogP contribution is 2.32. The third kappa shape index (κ3) is 4.21. The molecular formula is C14H24N2O2S. The molecule has 3 N–H and O–H groups in total. The first-order chi connectivity index (χ1) is 8.78. The van der Waals surface area contributed by atoms with Crippen molar-refractivity contribution in [3.8, 4) is 0 Å². The van der Waals surface area contributed by atoms with E-state index in [9.17, 15) is 8.42 Å². The van der Waals surface area contributed by atoms with E-state index in [0.717, 1.165) is 16.8 Å². The predicted molar refractivity (Wildman–Crippen MR) is 81.1 cm³/mol. The van der Waals surface area contributed by atoms with Gasteiger partial charge in [0.05, 0.1) is 11.4 Å². The van der Waals surface area contributed by atoms with Crippen molar-refractivity contribution in [1.82, 2.24) is 0 Å². The molecule has 0 radical (unpaired) electrons. The number of hydrogen-bond donors (Lipinski definition) is 2. The Balaban J connectivity index is 3.30. The van der Waals surface area contributed by atoms with Crippen molar-refractivity contribution in [2.75, 3.05) is 17.0 Å². The van der Waals surface area contributed by atoms with Gasteiger partial charge in [0.25, 0.3) is 0 Å². The molecule has 0 spiro atoms. The maximum atomic E-state index is 12.0. The second kappa shape index (κ2) is 6.39. The molecule has 0 fully saturated rings. The first kappa shape index (κ1) is 16.0. The van der Waals surface area contributed by atoms with Gasteiger partial charge in [-0.05, 0) is 23.0 Å². The summed E-state index contributed by atoms with van der Waals surface area (Å²) in [6.45, 7) is 8.34. The average Bonchev–Trinajstić information content (AvgIpc) is 2.27. The number of benzene rings is 1. The van der Waals surface area contributed by atoms with Crippen molar-refractivity contribution in [2.24, 2.45) is 5.73 Å². The summed E-state index contributed by atoms with van der Waals surface area (Å²) >= 11 is 0. The number of hydrogen-bond acceptors (Lipinski definition) is 3. The zero-order valence-electron chi connectivity index (χ0n) is 12.1. The molecule has 0 bridgehead atoms. The minimum absolute atomic E-state index is 0.0586. The first-order valence-electron chi connectivity index (χ1n) is 6.62. The van der Waals surface area contributed by atoms with Gasteiger partial charge >= 0.3 is 0 Å². The Bertz CT molecular complexity index is 496. The summed E-state index contributed by atoms with van der Waals surface area (Å²) < 4.78 is 26.6. The van der Waals surface area contributed by atoms with Gasteiger partial charge in [-0.15, -0.1) is 0 Å². The van der Waals surface area contributed by atoms with Crippen LogP contribution in [0.3, 0.4) is 0 Å². The van der Waals surface area contributed by atoms with Crippen LogP contribution in [0.2, 0.25) is 0 Å². The van der Waals surface area contributed by atoms with E-state index in [2.05, 4.69) is 32.4 Å². The van der Waals surface area contributed by atoms with Crippen LogP contribution in [0.1, 0.15) is 50.7 Å². The molecule has 0 saturated carbocycles. The summed E-state index contributed by atoms with van der Waals surface area (Å²) in [7, 11) is -3.37. The highest BCUT2D eigenvalue weighted by atomic mass is 32.2. The van der Waals surface area contributed by atoms with Crippen LogP contribution in [-0.4, -0.2) is 20.7 Å². The van der Waals surface area contributed by atoms with Crippen molar-refractivity contribution >= 4 is 15.7 Å².